The molecule has 0 aliphatic carbocycles. The van der Waals surface area contributed by atoms with Crippen molar-refractivity contribution in [2.45, 2.75) is 45.9 Å². The van der Waals surface area contributed by atoms with Crippen LogP contribution in [0.2, 0.25) is 0 Å². The second kappa shape index (κ2) is 8.36. The van der Waals surface area contributed by atoms with Gasteiger partial charge in [0.05, 0.1) is 0 Å². The molecule has 0 fully saturated rings. The van der Waals surface area contributed by atoms with Crippen LogP contribution in [0.25, 0.3) is 0 Å². The summed E-state index contributed by atoms with van der Waals surface area (Å²) in [7, 11) is 0. The van der Waals surface area contributed by atoms with Crippen LogP contribution in [0.4, 0.5) is 4.79 Å². The lowest BCUT2D eigenvalue weighted by molar-refractivity contribution is -0.160. The molecule has 126 valence electrons. The molecule has 0 saturated carbocycles. The highest BCUT2D eigenvalue weighted by molar-refractivity contribution is 5.81. The van der Waals surface area contributed by atoms with Crippen LogP contribution in [0.5, 0.6) is 0 Å². The molecule has 1 atom stereocenters. The molecular weight excluding hydrogens is 294 g/mol. The van der Waals surface area contributed by atoms with Crippen molar-refractivity contribution >= 4 is 12.1 Å². The smallest absolute Gasteiger partial charge is 0.411 e. The zero-order valence-electron chi connectivity index (χ0n) is 14.2. The number of nitrogens with zero attached hydrogens (tertiary/aromatic N) is 1. The maximum atomic E-state index is 12.3. The number of carbonyl (C=O) groups is 2. The first kappa shape index (κ1) is 18.7. The Hall–Kier alpha value is -2.30. The molecular formula is C18H25NO4. The molecule has 0 heterocycles. The highest BCUT2D eigenvalue weighted by Crippen LogP contribution is 2.13. The molecule has 5 nitrogen and oxygen atoms in total. The molecule has 1 aromatic rings. The average Bonchev–Trinajstić information content (AvgIpc) is 2.49. The van der Waals surface area contributed by atoms with E-state index >= 15 is 0 Å². The molecule has 0 saturated heterocycles. The number of esters is 1. The van der Waals surface area contributed by atoms with Gasteiger partial charge in [0.15, 0.2) is 0 Å². The maximum Gasteiger partial charge on any atom is 0.411 e. The summed E-state index contributed by atoms with van der Waals surface area (Å²) >= 11 is 0. The normalized spacial score (nSPS) is 12.2. The summed E-state index contributed by atoms with van der Waals surface area (Å²) in [5.74, 6) is -0.476. The van der Waals surface area contributed by atoms with Crippen LogP contribution in [0.1, 0.15) is 33.3 Å². The lowest BCUT2D eigenvalue weighted by atomic mass is 10.2. The molecule has 0 aliphatic heterocycles. The van der Waals surface area contributed by atoms with E-state index in [0.29, 0.717) is 0 Å². The van der Waals surface area contributed by atoms with Gasteiger partial charge in [-0.25, -0.2) is 9.59 Å². The Kier molecular flexibility index (Phi) is 6.82. The highest BCUT2D eigenvalue weighted by Gasteiger charge is 2.30. The van der Waals surface area contributed by atoms with Crippen LogP contribution < -0.4 is 0 Å². The van der Waals surface area contributed by atoms with Crippen LogP contribution in [0, 0.1) is 0 Å². The summed E-state index contributed by atoms with van der Waals surface area (Å²) in [4.78, 5) is 25.7. The summed E-state index contributed by atoms with van der Waals surface area (Å²) in [5, 5.41) is 0. The van der Waals surface area contributed by atoms with Gasteiger partial charge in [0.25, 0.3) is 0 Å². The number of amides is 1. The first-order valence-corrected chi connectivity index (χ1v) is 7.55. The quantitative estimate of drug-likeness (QED) is 0.594. The van der Waals surface area contributed by atoms with Crippen LogP contribution in [0.3, 0.4) is 0 Å². The maximum absolute atomic E-state index is 12.3. The largest absolute Gasteiger partial charge is 0.458 e. The van der Waals surface area contributed by atoms with Crippen LogP contribution in [-0.4, -0.2) is 35.2 Å². The predicted octanol–water partition coefficient (Wildman–Crippen LogP) is 3.54. The fraction of sp³-hybridized carbons (Fsp3) is 0.444. The summed E-state index contributed by atoms with van der Waals surface area (Å²) in [6.07, 6.45) is 0.970. The Morgan fingerprint density at radius 2 is 1.87 bits per heavy atom. The molecule has 23 heavy (non-hydrogen) atoms. The van der Waals surface area contributed by atoms with Crippen LogP contribution in [-0.2, 0) is 20.9 Å². The molecule has 5 heteroatoms. The first-order chi connectivity index (χ1) is 10.7. The Bertz CT molecular complexity index is 534. The lowest BCUT2D eigenvalue weighted by Crippen LogP contribution is -2.46. The van der Waals surface area contributed by atoms with Gasteiger partial charge in [-0.05, 0) is 33.3 Å². The minimum absolute atomic E-state index is 0.147. The van der Waals surface area contributed by atoms with Crippen molar-refractivity contribution < 1.29 is 19.1 Å². The molecule has 0 bridgehead atoms. The summed E-state index contributed by atoms with van der Waals surface area (Å²) in [5.41, 5.74) is 0.267. The number of rotatable bonds is 6. The zero-order valence-corrected chi connectivity index (χ0v) is 14.2. The van der Waals surface area contributed by atoms with E-state index in [9.17, 15) is 9.59 Å². The second-order valence-corrected chi connectivity index (χ2v) is 6.19. The van der Waals surface area contributed by atoms with Gasteiger partial charge in [0.2, 0.25) is 0 Å². The monoisotopic (exact) mass is 319 g/mol. The molecule has 0 aliphatic rings. The van der Waals surface area contributed by atoms with Gasteiger partial charge in [-0.1, -0.05) is 36.4 Å². The SMILES string of the molecule is C=CCN(C(=O)OCc1ccccc1)[C@@H](C)C(=O)OC(C)(C)C. The van der Waals surface area contributed by atoms with Gasteiger partial charge in [0, 0.05) is 6.54 Å². The topological polar surface area (TPSA) is 55.8 Å². The van der Waals surface area contributed by atoms with E-state index in [0.717, 1.165) is 5.56 Å². The third kappa shape index (κ3) is 6.55. The summed E-state index contributed by atoms with van der Waals surface area (Å²) in [6, 6.07) is 8.60. The summed E-state index contributed by atoms with van der Waals surface area (Å²) < 4.78 is 10.6. The zero-order chi connectivity index (χ0) is 17.5. The number of ether oxygens (including phenoxy) is 2. The van der Waals surface area contributed by atoms with Gasteiger partial charge < -0.3 is 9.47 Å². The number of benzene rings is 1. The van der Waals surface area contributed by atoms with E-state index in [1.54, 1.807) is 33.8 Å². The molecule has 0 aromatic heterocycles. The molecule has 0 spiro atoms. The van der Waals surface area contributed by atoms with Crippen molar-refractivity contribution in [1.82, 2.24) is 4.90 Å². The van der Waals surface area contributed by atoms with Crippen LogP contribution >= 0.6 is 0 Å². The molecule has 0 N–H and O–H groups in total. The van der Waals surface area contributed by atoms with E-state index in [4.69, 9.17) is 9.47 Å². The second-order valence-electron chi connectivity index (χ2n) is 6.19. The molecule has 0 unspecified atom stereocenters. The fourth-order valence-electron chi connectivity index (χ4n) is 1.85. The highest BCUT2D eigenvalue weighted by atomic mass is 16.6. The van der Waals surface area contributed by atoms with Crippen molar-refractivity contribution in [3.05, 3.63) is 48.6 Å². The van der Waals surface area contributed by atoms with Crippen molar-refractivity contribution in [1.29, 1.82) is 0 Å². The third-order valence-corrected chi connectivity index (χ3v) is 2.98. The van der Waals surface area contributed by atoms with E-state index < -0.39 is 23.7 Å². The van der Waals surface area contributed by atoms with E-state index in [-0.39, 0.29) is 13.2 Å². The summed E-state index contributed by atoms with van der Waals surface area (Å²) in [6.45, 7) is 10.9. The molecule has 1 aromatic carbocycles. The van der Waals surface area contributed by atoms with E-state index in [1.807, 2.05) is 30.3 Å². The van der Waals surface area contributed by atoms with E-state index in [1.165, 1.54) is 4.90 Å². The molecule has 0 radical (unpaired) electrons. The van der Waals surface area contributed by atoms with Crippen molar-refractivity contribution in [2.24, 2.45) is 0 Å². The van der Waals surface area contributed by atoms with E-state index in [2.05, 4.69) is 6.58 Å². The van der Waals surface area contributed by atoms with Crippen molar-refractivity contribution in [2.75, 3.05) is 6.54 Å². The van der Waals surface area contributed by atoms with Gasteiger partial charge >= 0.3 is 12.1 Å². The lowest BCUT2D eigenvalue weighted by Gasteiger charge is -2.29. The van der Waals surface area contributed by atoms with Gasteiger partial charge in [0.1, 0.15) is 18.2 Å². The van der Waals surface area contributed by atoms with Crippen molar-refractivity contribution in [3.63, 3.8) is 0 Å². The number of hydrogen-bond acceptors (Lipinski definition) is 4. The molecule has 1 rings (SSSR count). The Morgan fingerprint density at radius 1 is 1.26 bits per heavy atom. The van der Waals surface area contributed by atoms with Gasteiger partial charge in [-0.3, -0.25) is 4.90 Å². The molecule has 1 amide bonds. The van der Waals surface area contributed by atoms with Gasteiger partial charge in [-0.2, -0.15) is 0 Å². The van der Waals surface area contributed by atoms with Gasteiger partial charge in [-0.15, -0.1) is 6.58 Å². The fourth-order valence-corrected chi connectivity index (χ4v) is 1.85. The Morgan fingerprint density at radius 3 is 2.39 bits per heavy atom. The minimum atomic E-state index is -0.754. The third-order valence-electron chi connectivity index (χ3n) is 2.98. The Labute approximate surface area is 137 Å². The number of hydrogen-bond donors (Lipinski definition) is 0. The van der Waals surface area contributed by atoms with Crippen molar-refractivity contribution in [3.8, 4) is 0 Å². The first-order valence-electron chi connectivity index (χ1n) is 7.55. The standard InChI is InChI=1S/C18H25NO4/c1-6-12-19(14(2)16(20)23-18(3,4)5)17(21)22-13-15-10-8-7-9-11-15/h6-11,14H,1,12-13H2,2-5H3/t14-/m0/s1. The Balaban J connectivity index is 2.70. The minimum Gasteiger partial charge on any atom is -0.458 e. The average molecular weight is 319 g/mol. The predicted molar refractivity (Wildman–Crippen MR) is 88.8 cm³/mol. The van der Waals surface area contributed by atoms with Crippen LogP contribution in [0.15, 0.2) is 43.0 Å². The number of carbonyl (C=O) groups excluding carboxylic acids is 2.